The van der Waals surface area contributed by atoms with E-state index in [1.54, 1.807) is 24.3 Å². The van der Waals surface area contributed by atoms with Crippen molar-refractivity contribution in [2.45, 2.75) is 0 Å². The van der Waals surface area contributed by atoms with Crippen LogP contribution in [0.2, 0.25) is 5.02 Å². The number of nitrogens with zero attached hydrogens (tertiary/aromatic N) is 1. The molecule has 0 atom stereocenters. The van der Waals surface area contributed by atoms with Gasteiger partial charge in [0.2, 0.25) is 0 Å². The second-order valence-corrected chi connectivity index (χ2v) is 4.33. The fourth-order valence-corrected chi connectivity index (χ4v) is 1.62. The topological polar surface area (TPSA) is 84.3 Å². The summed E-state index contributed by atoms with van der Waals surface area (Å²) >= 11 is 5.73. The van der Waals surface area contributed by atoms with Crippen LogP contribution in [0.1, 0.15) is 0 Å². The maximum absolute atomic E-state index is 11.7. The van der Waals surface area contributed by atoms with Gasteiger partial charge >= 0.3 is 6.03 Å². The van der Waals surface area contributed by atoms with Crippen molar-refractivity contribution >= 4 is 34.7 Å². The molecule has 2 rings (SSSR count). The molecule has 2 aromatic rings. The molecule has 2 N–H and O–H groups in total. The third-order valence-electron chi connectivity index (χ3n) is 2.44. The number of rotatable bonds is 3. The lowest BCUT2D eigenvalue weighted by molar-refractivity contribution is -0.384. The van der Waals surface area contributed by atoms with Gasteiger partial charge < -0.3 is 10.6 Å². The number of nitro groups is 1. The summed E-state index contributed by atoms with van der Waals surface area (Å²) in [6, 6.07) is 11.7. The van der Waals surface area contributed by atoms with Crippen molar-refractivity contribution in [3.05, 3.63) is 63.7 Å². The molecule has 6 nitrogen and oxygen atoms in total. The quantitative estimate of drug-likeness (QED) is 0.664. The van der Waals surface area contributed by atoms with Crippen molar-refractivity contribution < 1.29 is 9.72 Å². The number of non-ortho nitro benzene ring substituents is 1. The van der Waals surface area contributed by atoms with Crippen LogP contribution < -0.4 is 10.6 Å². The van der Waals surface area contributed by atoms with Crippen LogP contribution in [0.15, 0.2) is 48.5 Å². The highest BCUT2D eigenvalue weighted by atomic mass is 35.5. The van der Waals surface area contributed by atoms with Gasteiger partial charge in [0.15, 0.2) is 0 Å². The summed E-state index contributed by atoms with van der Waals surface area (Å²) < 4.78 is 0. The van der Waals surface area contributed by atoms with Crippen LogP contribution in [-0.4, -0.2) is 11.0 Å². The number of hydrogen-bond acceptors (Lipinski definition) is 3. The monoisotopic (exact) mass is 291 g/mol. The fraction of sp³-hybridized carbons (Fsp3) is 0. The van der Waals surface area contributed by atoms with Crippen LogP contribution >= 0.6 is 11.6 Å². The normalized spacial score (nSPS) is 9.85. The second-order valence-electron chi connectivity index (χ2n) is 3.89. The van der Waals surface area contributed by atoms with Gasteiger partial charge in [0.05, 0.1) is 4.92 Å². The van der Waals surface area contributed by atoms with E-state index in [-0.39, 0.29) is 5.69 Å². The highest BCUT2D eigenvalue weighted by Crippen LogP contribution is 2.16. The molecule has 2 aromatic carbocycles. The third kappa shape index (κ3) is 3.69. The Balaban J connectivity index is 1.97. The Morgan fingerprint density at radius 2 is 1.40 bits per heavy atom. The first-order valence-electron chi connectivity index (χ1n) is 5.62. The molecule has 0 aliphatic rings. The van der Waals surface area contributed by atoms with Crippen molar-refractivity contribution in [1.82, 2.24) is 0 Å². The van der Waals surface area contributed by atoms with E-state index in [1.165, 1.54) is 24.3 Å². The Bertz CT molecular complexity index is 626. The minimum absolute atomic E-state index is 0.0336. The number of benzene rings is 2. The molecule has 0 saturated carbocycles. The van der Waals surface area contributed by atoms with Gasteiger partial charge in [0, 0.05) is 28.5 Å². The first-order chi connectivity index (χ1) is 9.54. The van der Waals surface area contributed by atoms with E-state index in [0.29, 0.717) is 16.4 Å². The van der Waals surface area contributed by atoms with E-state index in [1.807, 2.05) is 0 Å². The molecule has 2 amide bonds. The summed E-state index contributed by atoms with van der Waals surface area (Å²) in [6.07, 6.45) is 0. The number of amides is 2. The zero-order valence-corrected chi connectivity index (χ0v) is 10.9. The molecule has 0 saturated heterocycles. The van der Waals surface area contributed by atoms with E-state index in [0.717, 1.165) is 0 Å². The van der Waals surface area contributed by atoms with Gasteiger partial charge in [-0.1, -0.05) is 11.6 Å². The highest BCUT2D eigenvalue weighted by molar-refractivity contribution is 6.30. The smallest absolute Gasteiger partial charge is 0.308 e. The molecule has 0 spiro atoms. The number of hydrogen-bond donors (Lipinski definition) is 2. The summed E-state index contributed by atoms with van der Waals surface area (Å²) in [6.45, 7) is 0. The van der Waals surface area contributed by atoms with Crippen molar-refractivity contribution in [2.75, 3.05) is 10.6 Å². The summed E-state index contributed by atoms with van der Waals surface area (Å²) in [5, 5.41) is 16.3. The molecule has 0 aromatic heterocycles. The Morgan fingerprint density at radius 3 is 1.85 bits per heavy atom. The Kier molecular flexibility index (Phi) is 4.17. The lowest BCUT2D eigenvalue weighted by atomic mass is 10.3. The summed E-state index contributed by atoms with van der Waals surface area (Å²) in [5.41, 5.74) is 1.02. The van der Waals surface area contributed by atoms with E-state index < -0.39 is 11.0 Å². The lowest BCUT2D eigenvalue weighted by Crippen LogP contribution is -2.19. The van der Waals surface area contributed by atoms with Crippen LogP contribution in [0.3, 0.4) is 0 Å². The number of nitro benzene ring substituents is 1. The van der Waals surface area contributed by atoms with Gasteiger partial charge in [-0.2, -0.15) is 0 Å². The first-order valence-corrected chi connectivity index (χ1v) is 6.00. The summed E-state index contributed by atoms with van der Waals surface area (Å²) in [5.74, 6) is 0. The first kappa shape index (κ1) is 13.8. The molecule has 7 heteroatoms. The molecule has 20 heavy (non-hydrogen) atoms. The molecule has 0 unspecified atom stereocenters. The highest BCUT2D eigenvalue weighted by Gasteiger charge is 2.06. The van der Waals surface area contributed by atoms with E-state index in [4.69, 9.17) is 11.6 Å². The molecule has 0 fully saturated rings. The lowest BCUT2D eigenvalue weighted by Gasteiger charge is -2.07. The average molecular weight is 292 g/mol. The van der Waals surface area contributed by atoms with Gasteiger partial charge in [0.1, 0.15) is 0 Å². The number of urea groups is 1. The summed E-state index contributed by atoms with van der Waals surface area (Å²) in [4.78, 5) is 21.7. The van der Waals surface area contributed by atoms with E-state index in [2.05, 4.69) is 10.6 Å². The molecular weight excluding hydrogens is 282 g/mol. The van der Waals surface area contributed by atoms with Gasteiger partial charge in [-0.15, -0.1) is 0 Å². The number of anilines is 2. The molecule has 0 aliphatic heterocycles. The largest absolute Gasteiger partial charge is 0.323 e. The Hall–Kier alpha value is -2.60. The zero-order valence-electron chi connectivity index (χ0n) is 10.2. The predicted molar refractivity (Wildman–Crippen MR) is 77.2 cm³/mol. The molecule has 0 heterocycles. The molecule has 0 aliphatic carbocycles. The Morgan fingerprint density at radius 1 is 0.950 bits per heavy atom. The van der Waals surface area contributed by atoms with Crippen molar-refractivity contribution in [3.8, 4) is 0 Å². The van der Waals surface area contributed by atoms with Gasteiger partial charge in [-0.3, -0.25) is 10.1 Å². The maximum atomic E-state index is 11.7. The fourth-order valence-electron chi connectivity index (χ4n) is 1.49. The molecular formula is C13H10ClN3O3. The van der Waals surface area contributed by atoms with Crippen molar-refractivity contribution in [3.63, 3.8) is 0 Å². The van der Waals surface area contributed by atoms with Crippen LogP contribution in [-0.2, 0) is 0 Å². The minimum Gasteiger partial charge on any atom is -0.308 e. The molecule has 0 radical (unpaired) electrons. The van der Waals surface area contributed by atoms with Crippen LogP contribution in [0.5, 0.6) is 0 Å². The second kappa shape index (κ2) is 6.03. The van der Waals surface area contributed by atoms with E-state index >= 15 is 0 Å². The van der Waals surface area contributed by atoms with Crippen molar-refractivity contribution in [2.24, 2.45) is 0 Å². The van der Waals surface area contributed by atoms with E-state index in [9.17, 15) is 14.9 Å². The minimum atomic E-state index is -0.502. The Labute approximate surface area is 119 Å². The van der Waals surface area contributed by atoms with Gasteiger partial charge in [0.25, 0.3) is 5.69 Å². The van der Waals surface area contributed by atoms with Gasteiger partial charge in [-0.05, 0) is 36.4 Å². The standard InChI is InChI=1S/C13H10ClN3O3/c14-9-1-3-10(4-2-9)15-13(18)16-11-5-7-12(8-6-11)17(19)20/h1-8H,(H2,15,16,18). The third-order valence-corrected chi connectivity index (χ3v) is 2.69. The molecule has 102 valence electrons. The van der Waals surface area contributed by atoms with Crippen LogP contribution in [0.4, 0.5) is 21.9 Å². The van der Waals surface area contributed by atoms with Crippen LogP contribution in [0.25, 0.3) is 0 Å². The number of nitrogens with one attached hydrogen (secondary N) is 2. The zero-order chi connectivity index (χ0) is 14.5. The predicted octanol–water partition coefficient (Wildman–Crippen LogP) is 3.89. The number of halogens is 1. The number of carbonyl (C=O) groups excluding carboxylic acids is 1. The molecule has 0 bridgehead atoms. The van der Waals surface area contributed by atoms with Gasteiger partial charge in [-0.25, -0.2) is 4.79 Å². The maximum Gasteiger partial charge on any atom is 0.323 e. The average Bonchev–Trinajstić information content (AvgIpc) is 2.42. The number of carbonyl (C=O) groups is 1. The SMILES string of the molecule is O=C(Nc1ccc(Cl)cc1)Nc1ccc([N+](=O)[O-])cc1. The van der Waals surface area contributed by atoms with Crippen LogP contribution in [0, 0.1) is 10.1 Å². The summed E-state index contributed by atoms with van der Waals surface area (Å²) in [7, 11) is 0. The van der Waals surface area contributed by atoms with Crippen molar-refractivity contribution in [1.29, 1.82) is 0 Å².